The van der Waals surface area contributed by atoms with Crippen LogP contribution in [0.1, 0.15) is 18.4 Å². The van der Waals surface area contributed by atoms with E-state index in [0.29, 0.717) is 12.1 Å². The van der Waals surface area contributed by atoms with Crippen molar-refractivity contribution in [1.82, 2.24) is 0 Å². The van der Waals surface area contributed by atoms with Crippen molar-refractivity contribution < 1.29 is 4.74 Å². The zero-order valence-electron chi connectivity index (χ0n) is 8.36. The third-order valence-corrected chi connectivity index (χ3v) is 2.72. The molecule has 14 heavy (non-hydrogen) atoms. The predicted octanol–water partition coefficient (Wildman–Crippen LogP) is 1.74. The first kappa shape index (κ1) is 9.69. The average Bonchev–Trinajstić information content (AvgIpc) is 2.17. The fourth-order valence-corrected chi connectivity index (χ4v) is 1.73. The lowest BCUT2D eigenvalue weighted by Gasteiger charge is -2.32. The Hall–Kier alpha value is -0.860. The van der Waals surface area contributed by atoms with Crippen LogP contribution in [-0.4, -0.2) is 18.8 Å². The molecule has 0 unspecified atom stereocenters. The number of rotatable bonds is 4. The summed E-state index contributed by atoms with van der Waals surface area (Å²) in [5, 5.41) is 0. The molecule has 0 heterocycles. The second-order valence-corrected chi connectivity index (χ2v) is 3.96. The molecule has 0 radical (unpaired) electrons. The molecule has 1 aromatic rings. The maximum absolute atomic E-state index is 5.67. The van der Waals surface area contributed by atoms with Gasteiger partial charge in [-0.3, -0.25) is 0 Å². The molecule has 0 spiro atoms. The average molecular weight is 191 g/mol. The van der Waals surface area contributed by atoms with E-state index in [9.17, 15) is 0 Å². The van der Waals surface area contributed by atoms with Gasteiger partial charge in [0.05, 0.1) is 12.7 Å². The van der Waals surface area contributed by atoms with E-state index in [2.05, 4.69) is 24.3 Å². The summed E-state index contributed by atoms with van der Waals surface area (Å²) in [6, 6.07) is 10.8. The van der Waals surface area contributed by atoms with Crippen molar-refractivity contribution in [1.29, 1.82) is 0 Å². The van der Waals surface area contributed by atoms with Crippen LogP contribution in [0, 0.1) is 0 Å². The molecule has 1 fully saturated rings. The van der Waals surface area contributed by atoms with Crippen molar-refractivity contribution in [3.8, 4) is 0 Å². The zero-order chi connectivity index (χ0) is 9.80. The molecule has 2 nitrogen and oxygen atoms in total. The summed E-state index contributed by atoms with van der Waals surface area (Å²) in [6.07, 6.45) is 3.50. The molecule has 1 saturated carbocycles. The van der Waals surface area contributed by atoms with E-state index >= 15 is 0 Å². The highest BCUT2D eigenvalue weighted by Gasteiger charge is 2.25. The Morgan fingerprint density at radius 3 is 2.57 bits per heavy atom. The van der Waals surface area contributed by atoms with Gasteiger partial charge in [-0.2, -0.15) is 0 Å². The SMILES string of the molecule is NC1CC(OCCc2ccccc2)C1. The normalized spacial score (nSPS) is 25.8. The standard InChI is InChI=1S/C12H17NO/c13-11-8-12(9-11)14-7-6-10-4-2-1-3-5-10/h1-5,11-12H,6-9,13H2. The summed E-state index contributed by atoms with van der Waals surface area (Å²) in [6.45, 7) is 0.821. The van der Waals surface area contributed by atoms with E-state index in [1.807, 2.05) is 6.07 Å². The van der Waals surface area contributed by atoms with E-state index in [1.165, 1.54) is 5.56 Å². The van der Waals surface area contributed by atoms with E-state index in [1.54, 1.807) is 0 Å². The van der Waals surface area contributed by atoms with Crippen LogP contribution in [0.4, 0.5) is 0 Å². The highest BCUT2D eigenvalue weighted by Crippen LogP contribution is 2.21. The number of ether oxygens (including phenoxy) is 1. The van der Waals surface area contributed by atoms with Gasteiger partial charge in [-0.25, -0.2) is 0 Å². The Kier molecular flexibility index (Phi) is 3.17. The van der Waals surface area contributed by atoms with Crippen LogP contribution in [0.5, 0.6) is 0 Å². The molecule has 76 valence electrons. The molecule has 1 aliphatic carbocycles. The Morgan fingerprint density at radius 2 is 1.93 bits per heavy atom. The van der Waals surface area contributed by atoms with Crippen molar-refractivity contribution in [2.45, 2.75) is 31.4 Å². The Balaban J connectivity index is 1.64. The van der Waals surface area contributed by atoms with Crippen LogP contribution in [0.25, 0.3) is 0 Å². The number of hydrogen-bond acceptors (Lipinski definition) is 2. The molecule has 1 aromatic carbocycles. The third kappa shape index (κ3) is 2.56. The first-order valence-electron chi connectivity index (χ1n) is 5.25. The Bertz CT molecular complexity index is 267. The van der Waals surface area contributed by atoms with Crippen LogP contribution in [0.2, 0.25) is 0 Å². The molecule has 0 atom stereocenters. The van der Waals surface area contributed by atoms with Crippen molar-refractivity contribution in [2.24, 2.45) is 5.73 Å². The minimum Gasteiger partial charge on any atom is -0.378 e. The molecule has 2 rings (SSSR count). The van der Waals surface area contributed by atoms with Gasteiger partial charge in [-0.15, -0.1) is 0 Å². The van der Waals surface area contributed by atoms with Crippen LogP contribution < -0.4 is 5.73 Å². The van der Waals surface area contributed by atoms with E-state index in [0.717, 1.165) is 25.9 Å². The van der Waals surface area contributed by atoms with Gasteiger partial charge >= 0.3 is 0 Å². The second kappa shape index (κ2) is 4.58. The minimum absolute atomic E-state index is 0.386. The monoisotopic (exact) mass is 191 g/mol. The van der Waals surface area contributed by atoms with Gasteiger partial charge in [0.25, 0.3) is 0 Å². The molecule has 0 amide bonds. The molecule has 0 aromatic heterocycles. The smallest absolute Gasteiger partial charge is 0.0604 e. The molecule has 1 aliphatic rings. The molecule has 0 bridgehead atoms. The van der Waals surface area contributed by atoms with E-state index in [-0.39, 0.29) is 0 Å². The number of hydrogen-bond donors (Lipinski definition) is 1. The van der Waals surface area contributed by atoms with Crippen LogP contribution in [0.15, 0.2) is 30.3 Å². The topological polar surface area (TPSA) is 35.2 Å². The number of benzene rings is 1. The van der Waals surface area contributed by atoms with E-state index < -0.39 is 0 Å². The van der Waals surface area contributed by atoms with Gasteiger partial charge in [-0.05, 0) is 24.8 Å². The van der Waals surface area contributed by atoms with Crippen molar-refractivity contribution in [3.05, 3.63) is 35.9 Å². The zero-order valence-corrected chi connectivity index (χ0v) is 8.36. The first-order chi connectivity index (χ1) is 6.84. The third-order valence-electron chi connectivity index (χ3n) is 2.72. The van der Waals surface area contributed by atoms with Crippen LogP contribution in [-0.2, 0) is 11.2 Å². The van der Waals surface area contributed by atoms with Gasteiger partial charge in [-0.1, -0.05) is 30.3 Å². The largest absolute Gasteiger partial charge is 0.378 e. The highest BCUT2D eigenvalue weighted by molar-refractivity contribution is 5.14. The van der Waals surface area contributed by atoms with Gasteiger partial charge < -0.3 is 10.5 Å². The fourth-order valence-electron chi connectivity index (χ4n) is 1.73. The second-order valence-electron chi connectivity index (χ2n) is 3.96. The summed E-state index contributed by atoms with van der Waals surface area (Å²) in [5.74, 6) is 0. The Labute approximate surface area is 85.1 Å². The molecular weight excluding hydrogens is 174 g/mol. The maximum Gasteiger partial charge on any atom is 0.0604 e. The quantitative estimate of drug-likeness (QED) is 0.786. The highest BCUT2D eigenvalue weighted by atomic mass is 16.5. The van der Waals surface area contributed by atoms with Gasteiger partial charge in [0, 0.05) is 6.04 Å². The van der Waals surface area contributed by atoms with Gasteiger partial charge in [0.1, 0.15) is 0 Å². The van der Waals surface area contributed by atoms with Gasteiger partial charge in [0.2, 0.25) is 0 Å². The van der Waals surface area contributed by atoms with E-state index in [4.69, 9.17) is 10.5 Å². The maximum atomic E-state index is 5.67. The number of nitrogens with two attached hydrogens (primary N) is 1. The molecule has 2 heteroatoms. The summed E-state index contributed by atoms with van der Waals surface area (Å²) < 4.78 is 5.67. The molecular formula is C12H17NO. The van der Waals surface area contributed by atoms with Crippen LogP contribution in [0.3, 0.4) is 0 Å². The first-order valence-corrected chi connectivity index (χ1v) is 5.25. The lowest BCUT2D eigenvalue weighted by molar-refractivity contribution is -0.00662. The lowest BCUT2D eigenvalue weighted by Crippen LogP contribution is -2.41. The summed E-state index contributed by atoms with van der Waals surface area (Å²) in [7, 11) is 0. The van der Waals surface area contributed by atoms with Crippen molar-refractivity contribution in [2.75, 3.05) is 6.61 Å². The summed E-state index contributed by atoms with van der Waals surface area (Å²) in [4.78, 5) is 0. The predicted molar refractivity (Wildman–Crippen MR) is 57.1 cm³/mol. The lowest BCUT2D eigenvalue weighted by atomic mass is 9.90. The van der Waals surface area contributed by atoms with Gasteiger partial charge in [0.15, 0.2) is 0 Å². The van der Waals surface area contributed by atoms with Crippen molar-refractivity contribution >= 4 is 0 Å². The molecule has 0 aliphatic heterocycles. The summed E-state index contributed by atoms with van der Waals surface area (Å²) in [5.41, 5.74) is 7.02. The summed E-state index contributed by atoms with van der Waals surface area (Å²) >= 11 is 0. The molecule has 2 N–H and O–H groups in total. The molecule has 0 saturated heterocycles. The minimum atomic E-state index is 0.386. The fraction of sp³-hybridized carbons (Fsp3) is 0.500. The Morgan fingerprint density at radius 1 is 1.21 bits per heavy atom. The van der Waals surface area contributed by atoms with Crippen LogP contribution >= 0.6 is 0 Å². The van der Waals surface area contributed by atoms with Crippen molar-refractivity contribution in [3.63, 3.8) is 0 Å².